The van der Waals surface area contributed by atoms with Gasteiger partial charge < -0.3 is 14.0 Å². The van der Waals surface area contributed by atoms with Crippen molar-refractivity contribution in [3.63, 3.8) is 0 Å². The van der Waals surface area contributed by atoms with Gasteiger partial charge in [-0.15, -0.1) is 0 Å². The van der Waals surface area contributed by atoms with Gasteiger partial charge in [0.2, 0.25) is 11.7 Å². The summed E-state index contributed by atoms with van der Waals surface area (Å²) in [7, 11) is 1.62. The van der Waals surface area contributed by atoms with Crippen LogP contribution in [-0.4, -0.2) is 28.8 Å². The molecule has 0 aliphatic rings. The molecule has 0 spiro atoms. The van der Waals surface area contributed by atoms with Crippen LogP contribution in [0.4, 0.5) is 4.39 Å². The summed E-state index contributed by atoms with van der Waals surface area (Å²) in [5.74, 6) is 1.04. The molecule has 0 N–H and O–H groups in total. The molecule has 4 rings (SSSR count). The van der Waals surface area contributed by atoms with Gasteiger partial charge in [0.25, 0.3) is 5.89 Å². The summed E-state index contributed by atoms with van der Waals surface area (Å²) >= 11 is 0. The standard InChI is InChI=1S/C22H18FN3O3/c1-3-28-21-17(11-12-19(24-21)14-7-6-8-15(13-14)27-2)20-25-22(29-26-20)16-9-4-5-10-18(16)23/h4-13H,3H2,1-2H3. The first-order chi connectivity index (χ1) is 14.2. The van der Waals surface area contributed by atoms with Gasteiger partial charge in [-0.2, -0.15) is 4.98 Å². The first kappa shape index (κ1) is 18.6. The molecule has 146 valence electrons. The second kappa shape index (κ2) is 8.10. The lowest BCUT2D eigenvalue weighted by Gasteiger charge is -2.09. The van der Waals surface area contributed by atoms with Crippen LogP contribution in [-0.2, 0) is 0 Å². The van der Waals surface area contributed by atoms with Gasteiger partial charge in [0, 0.05) is 5.56 Å². The fraction of sp³-hybridized carbons (Fsp3) is 0.136. The quantitative estimate of drug-likeness (QED) is 0.460. The van der Waals surface area contributed by atoms with E-state index >= 15 is 0 Å². The summed E-state index contributed by atoms with van der Waals surface area (Å²) in [6, 6.07) is 17.5. The third kappa shape index (κ3) is 3.80. The van der Waals surface area contributed by atoms with E-state index in [0.29, 0.717) is 23.7 Å². The zero-order chi connectivity index (χ0) is 20.2. The third-order valence-corrected chi connectivity index (χ3v) is 4.28. The summed E-state index contributed by atoms with van der Waals surface area (Å²) < 4.78 is 30.3. The molecule has 4 aromatic rings. The lowest BCUT2D eigenvalue weighted by atomic mass is 10.1. The van der Waals surface area contributed by atoms with Crippen LogP contribution in [0, 0.1) is 5.82 Å². The van der Waals surface area contributed by atoms with E-state index in [-0.39, 0.29) is 17.3 Å². The third-order valence-electron chi connectivity index (χ3n) is 4.28. The Labute approximate surface area is 166 Å². The smallest absolute Gasteiger partial charge is 0.261 e. The monoisotopic (exact) mass is 391 g/mol. The molecule has 0 aliphatic carbocycles. The van der Waals surface area contributed by atoms with Gasteiger partial charge in [-0.3, -0.25) is 0 Å². The number of methoxy groups -OCH3 is 1. The van der Waals surface area contributed by atoms with Gasteiger partial charge in [-0.1, -0.05) is 29.4 Å². The average Bonchev–Trinajstić information content (AvgIpc) is 3.24. The van der Waals surface area contributed by atoms with Crippen LogP contribution in [0.25, 0.3) is 34.1 Å². The summed E-state index contributed by atoms with van der Waals surface area (Å²) in [4.78, 5) is 8.94. The highest BCUT2D eigenvalue weighted by Crippen LogP contribution is 2.32. The van der Waals surface area contributed by atoms with Crippen LogP contribution in [0.5, 0.6) is 11.6 Å². The summed E-state index contributed by atoms with van der Waals surface area (Å²) in [6.07, 6.45) is 0. The Kier molecular flexibility index (Phi) is 5.20. The number of ether oxygens (including phenoxy) is 2. The maximum Gasteiger partial charge on any atom is 0.261 e. The van der Waals surface area contributed by atoms with Gasteiger partial charge in [-0.05, 0) is 43.3 Å². The van der Waals surface area contributed by atoms with Crippen molar-refractivity contribution < 1.29 is 18.4 Å². The Morgan fingerprint density at radius 3 is 2.62 bits per heavy atom. The Morgan fingerprint density at radius 2 is 1.83 bits per heavy atom. The molecule has 7 heteroatoms. The molecule has 0 atom stereocenters. The molecule has 2 aromatic heterocycles. The largest absolute Gasteiger partial charge is 0.497 e. The highest BCUT2D eigenvalue weighted by Gasteiger charge is 2.18. The van der Waals surface area contributed by atoms with Crippen molar-refractivity contribution in [2.24, 2.45) is 0 Å². The van der Waals surface area contributed by atoms with Crippen molar-refractivity contribution in [3.05, 3.63) is 66.5 Å². The molecular formula is C22H18FN3O3. The molecule has 0 radical (unpaired) electrons. The number of hydrogen-bond acceptors (Lipinski definition) is 6. The second-order valence-electron chi connectivity index (χ2n) is 6.12. The van der Waals surface area contributed by atoms with Crippen LogP contribution < -0.4 is 9.47 Å². The minimum absolute atomic E-state index is 0.0948. The average molecular weight is 391 g/mol. The van der Waals surface area contributed by atoms with Gasteiger partial charge in [-0.25, -0.2) is 9.37 Å². The van der Waals surface area contributed by atoms with Crippen LogP contribution in [0.1, 0.15) is 6.92 Å². The van der Waals surface area contributed by atoms with Crippen LogP contribution in [0.2, 0.25) is 0 Å². The van der Waals surface area contributed by atoms with Crippen LogP contribution >= 0.6 is 0 Å². The summed E-state index contributed by atoms with van der Waals surface area (Å²) in [5.41, 5.74) is 2.40. The Bertz CT molecular complexity index is 1140. The molecule has 2 aromatic carbocycles. The van der Waals surface area contributed by atoms with E-state index in [0.717, 1.165) is 11.3 Å². The predicted octanol–water partition coefficient (Wildman–Crippen LogP) is 5.01. The van der Waals surface area contributed by atoms with E-state index in [1.54, 1.807) is 25.3 Å². The minimum atomic E-state index is -0.431. The topological polar surface area (TPSA) is 70.3 Å². The second-order valence-corrected chi connectivity index (χ2v) is 6.12. The molecule has 0 amide bonds. The first-order valence-electron chi connectivity index (χ1n) is 9.07. The zero-order valence-electron chi connectivity index (χ0n) is 15.9. The number of rotatable bonds is 6. The number of halogens is 1. The van der Waals surface area contributed by atoms with E-state index in [1.807, 2.05) is 43.3 Å². The number of benzene rings is 2. The number of pyridine rings is 1. The van der Waals surface area contributed by atoms with Crippen molar-refractivity contribution in [1.29, 1.82) is 0 Å². The van der Waals surface area contributed by atoms with E-state index in [4.69, 9.17) is 14.0 Å². The fourth-order valence-corrected chi connectivity index (χ4v) is 2.88. The SMILES string of the molecule is CCOc1nc(-c2cccc(OC)c2)ccc1-c1noc(-c2ccccc2F)n1. The fourth-order valence-electron chi connectivity index (χ4n) is 2.88. The molecule has 29 heavy (non-hydrogen) atoms. The zero-order valence-corrected chi connectivity index (χ0v) is 15.9. The molecule has 2 heterocycles. The summed E-state index contributed by atoms with van der Waals surface area (Å²) in [5, 5.41) is 3.98. The Hall–Kier alpha value is -3.74. The Balaban J connectivity index is 1.73. The first-order valence-corrected chi connectivity index (χ1v) is 9.07. The van der Waals surface area contributed by atoms with E-state index in [2.05, 4.69) is 15.1 Å². The molecule has 0 saturated heterocycles. The van der Waals surface area contributed by atoms with Gasteiger partial charge >= 0.3 is 0 Å². The van der Waals surface area contributed by atoms with Crippen LogP contribution in [0.3, 0.4) is 0 Å². The summed E-state index contributed by atoms with van der Waals surface area (Å²) in [6.45, 7) is 2.28. The van der Waals surface area contributed by atoms with Gasteiger partial charge in [0.15, 0.2) is 0 Å². The highest BCUT2D eigenvalue weighted by molar-refractivity contribution is 5.69. The molecular weight excluding hydrogens is 373 g/mol. The maximum absolute atomic E-state index is 14.0. The van der Waals surface area contributed by atoms with Crippen molar-refractivity contribution >= 4 is 0 Å². The van der Waals surface area contributed by atoms with E-state index in [9.17, 15) is 4.39 Å². The van der Waals surface area contributed by atoms with E-state index in [1.165, 1.54) is 6.07 Å². The molecule has 0 bridgehead atoms. The molecule has 6 nitrogen and oxygen atoms in total. The lowest BCUT2D eigenvalue weighted by molar-refractivity contribution is 0.328. The molecule has 0 saturated carbocycles. The predicted molar refractivity (Wildman–Crippen MR) is 106 cm³/mol. The Morgan fingerprint density at radius 1 is 0.966 bits per heavy atom. The van der Waals surface area contributed by atoms with Gasteiger partial charge in [0.1, 0.15) is 11.6 Å². The lowest BCUT2D eigenvalue weighted by Crippen LogP contribution is -1.99. The number of nitrogens with zero attached hydrogens (tertiary/aromatic N) is 3. The van der Waals surface area contributed by atoms with Crippen molar-refractivity contribution in [2.45, 2.75) is 6.92 Å². The number of hydrogen-bond donors (Lipinski definition) is 0. The van der Waals surface area contributed by atoms with Crippen molar-refractivity contribution in [3.8, 4) is 45.7 Å². The van der Waals surface area contributed by atoms with E-state index < -0.39 is 5.82 Å². The van der Waals surface area contributed by atoms with Crippen LogP contribution in [0.15, 0.2) is 65.2 Å². The molecule has 0 aliphatic heterocycles. The van der Waals surface area contributed by atoms with Crippen molar-refractivity contribution in [2.75, 3.05) is 13.7 Å². The normalized spacial score (nSPS) is 10.7. The minimum Gasteiger partial charge on any atom is -0.497 e. The van der Waals surface area contributed by atoms with Crippen molar-refractivity contribution in [1.82, 2.24) is 15.1 Å². The number of aromatic nitrogens is 3. The molecule has 0 fully saturated rings. The maximum atomic E-state index is 14.0. The molecule has 0 unspecified atom stereocenters. The van der Waals surface area contributed by atoms with Gasteiger partial charge in [0.05, 0.1) is 30.5 Å². The highest BCUT2D eigenvalue weighted by atomic mass is 19.1.